The van der Waals surface area contributed by atoms with E-state index in [0.29, 0.717) is 0 Å². The summed E-state index contributed by atoms with van der Waals surface area (Å²) in [6, 6.07) is 6.21. The normalized spacial score (nSPS) is 18.7. The predicted molar refractivity (Wildman–Crippen MR) is 70.8 cm³/mol. The van der Waals surface area contributed by atoms with Crippen LogP contribution in [0.15, 0.2) is 18.2 Å². The maximum atomic E-state index is 11.7. The standard InChI is InChI=1S/C14H20N2O2/c1-10-5-11(2)7-13(6-10)18-9-14(17)16-12-3-4-15-8-12/h5-7,12,15H,3-4,8-9H2,1-2H3,(H,16,17). The van der Waals surface area contributed by atoms with Gasteiger partial charge in [0.1, 0.15) is 5.75 Å². The van der Waals surface area contributed by atoms with Gasteiger partial charge in [-0.1, -0.05) is 6.07 Å². The van der Waals surface area contributed by atoms with E-state index in [1.807, 2.05) is 26.0 Å². The molecule has 1 unspecified atom stereocenters. The number of carbonyl (C=O) groups is 1. The van der Waals surface area contributed by atoms with Crippen LogP contribution >= 0.6 is 0 Å². The summed E-state index contributed by atoms with van der Waals surface area (Å²) in [5, 5.41) is 6.16. The summed E-state index contributed by atoms with van der Waals surface area (Å²) in [6.07, 6.45) is 0.995. The molecule has 0 aromatic heterocycles. The highest BCUT2D eigenvalue weighted by Crippen LogP contribution is 2.15. The van der Waals surface area contributed by atoms with E-state index in [2.05, 4.69) is 16.7 Å². The van der Waals surface area contributed by atoms with E-state index in [1.165, 1.54) is 0 Å². The van der Waals surface area contributed by atoms with Crippen LogP contribution in [-0.2, 0) is 4.79 Å². The summed E-state index contributed by atoms with van der Waals surface area (Å²) < 4.78 is 5.51. The number of ether oxygens (including phenoxy) is 1. The Kier molecular flexibility index (Phi) is 4.20. The summed E-state index contributed by atoms with van der Waals surface area (Å²) in [5.74, 6) is 0.704. The minimum absolute atomic E-state index is 0.0529. The zero-order valence-electron chi connectivity index (χ0n) is 11.0. The molecule has 1 atom stereocenters. The Bertz CT molecular complexity index is 406. The van der Waals surface area contributed by atoms with Gasteiger partial charge in [0.2, 0.25) is 0 Å². The van der Waals surface area contributed by atoms with Crippen LogP contribution in [0.2, 0.25) is 0 Å². The quantitative estimate of drug-likeness (QED) is 0.840. The van der Waals surface area contributed by atoms with Crippen molar-refractivity contribution in [3.8, 4) is 5.75 Å². The lowest BCUT2D eigenvalue weighted by Gasteiger charge is -2.12. The van der Waals surface area contributed by atoms with Gasteiger partial charge in [-0.15, -0.1) is 0 Å². The Balaban J connectivity index is 1.81. The molecule has 0 radical (unpaired) electrons. The Morgan fingerprint density at radius 1 is 1.39 bits per heavy atom. The van der Waals surface area contributed by atoms with Gasteiger partial charge in [-0.25, -0.2) is 0 Å². The monoisotopic (exact) mass is 248 g/mol. The molecule has 98 valence electrons. The summed E-state index contributed by atoms with van der Waals surface area (Å²) in [5.41, 5.74) is 2.29. The SMILES string of the molecule is Cc1cc(C)cc(OCC(=O)NC2CCNC2)c1. The molecule has 1 aliphatic rings. The lowest BCUT2D eigenvalue weighted by atomic mass is 10.1. The highest BCUT2D eigenvalue weighted by atomic mass is 16.5. The highest BCUT2D eigenvalue weighted by molar-refractivity contribution is 5.77. The van der Waals surface area contributed by atoms with Crippen molar-refractivity contribution in [1.82, 2.24) is 10.6 Å². The molecule has 1 aromatic rings. The first-order chi connectivity index (χ1) is 8.63. The fourth-order valence-electron chi connectivity index (χ4n) is 2.21. The lowest BCUT2D eigenvalue weighted by molar-refractivity contribution is -0.123. The third kappa shape index (κ3) is 3.74. The van der Waals surface area contributed by atoms with E-state index in [4.69, 9.17) is 4.74 Å². The number of carbonyl (C=O) groups excluding carboxylic acids is 1. The van der Waals surface area contributed by atoms with Crippen molar-refractivity contribution in [3.05, 3.63) is 29.3 Å². The van der Waals surface area contributed by atoms with Crippen LogP contribution in [0.3, 0.4) is 0 Å². The third-order valence-corrected chi connectivity index (χ3v) is 2.99. The van der Waals surface area contributed by atoms with Gasteiger partial charge in [0.15, 0.2) is 6.61 Å². The Morgan fingerprint density at radius 2 is 2.11 bits per heavy atom. The van der Waals surface area contributed by atoms with Crippen LogP contribution in [0.5, 0.6) is 5.75 Å². The van der Waals surface area contributed by atoms with E-state index >= 15 is 0 Å². The molecule has 4 heteroatoms. The summed E-state index contributed by atoms with van der Waals surface area (Å²) in [6.45, 7) is 5.95. The maximum absolute atomic E-state index is 11.7. The van der Waals surface area contributed by atoms with Crippen LogP contribution < -0.4 is 15.4 Å². The van der Waals surface area contributed by atoms with Gasteiger partial charge in [0.05, 0.1) is 0 Å². The van der Waals surface area contributed by atoms with Crippen LogP contribution in [0, 0.1) is 13.8 Å². The number of aryl methyl sites for hydroxylation is 2. The molecule has 1 heterocycles. The summed E-state index contributed by atoms with van der Waals surface area (Å²) in [7, 11) is 0. The largest absolute Gasteiger partial charge is 0.484 e. The third-order valence-electron chi connectivity index (χ3n) is 2.99. The van der Waals surface area contributed by atoms with Crippen LogP contribution in [0.4, 0.5) is 0 Å². The number of hydrogen-bond acceptors (Lipinski definition) is 3. The molecule has 0 saturated carbocycles. The van der Waals surface area contributed by atoms with E-state index < -0.39 is 0 Å². The fraction of sp³-hybridized carbons (Fsp3) is 0.500. The van der Waals surface area contributed by atoms with Gasteiger partial charge in [-0.3, -0.25) is 4.79 Å². The zero-order chi connectivity index (χ0) is 13.0. The minimum Gasteiger partial charge on any atom is -0.484 e. The molecule has 1 aliphatic heterocycles. The van der Waals surface area contributed by atoms with Crippen molar-refractivity contribution >= 4 is 5.91 Å². The second-order valence-corrected chi connectivity index (χ2v) is 4.87. The first-order valence-corrected chi connectivity index (χ1v) is 6.34. The number of rotatable bonds is 4. The Morgan fingerprint density at radius 3 is 2.72 bits per heavy atom. The molecule has 1 saturated heterocycles. The van der Waals surface area contributed by atoms with Crippen LogP contribution in [-0.4, -0.2) is 31.6 Å². The van der Waals surface area contributed by atoms with Gasteiger partial charge in [0, 0.05) is 12.6 Å². The number of nitrogens with one attached hydrogen (secondary N) is 2. The second-order valence-electron chi connectivity index (χ2n) is 4.87. The maximum Gasteiger partial charge on any atom is 0.258 e. The van der Waals surface area contributed by atoms with Crippen LogP contribution in [0.25, 0.3) is 0 Å². The molecule has 0 aliphatic carbocycles. The molecule has 2 rings (SSSR count). The predicted octanol–water partition coefficient (Wildman–Crippen LogP) is 1.16. The first kappa shape index (κ1) is 12.9. The smallest absolute Gasteiger partial charge is 0.258 e. The average Bonchev–Trinajstić information content (AvgIpc) is 2.78. The Labute approximate surface area is 108 Å². The number of hydrogen-bond donors (Lipinski definition) is 2. The van der Waals surface area contributed by atoms with Gasteiger partial charge < -0.3 is 15.4 Å². The minimum atomic E-state index is -0.0529. The van der Waals surface area contributed by atoms with Crippen molar-refractivity contribution in [1.29, 1.82) is 0 Å². The molecule has 18 heavy (non-hydrogen) atoms. The van der Waals surface area contributed by atoms with Crippen molar-refractivity contribution < 1.29 is 9.53 Å². The van der Waals surface area contributed by atoms with Crippen molar-refractivity contribution in [2.45, 2.75) is 26.3 Å². The number of benzene rings is 1. The van der Waals surface area contributed by atoms with E-state index in [0.717, 1.165) is 36.4 Å². The molecule has 1 aromatic carbocycles. The molecule has 0 bridgehead atoms. The fourth-order valence-corrected chi connectivity index (χ4v) is 2.21. The van der Waals surface area contributed by atoms with Crippen LogP contribution in [0.1, 0.15) is 17.5 Å². The first-order valence-electron chi connectivity index (χ1n) is 6.34. The van der Waals surface area contributed by atoms with Crippen molar-refractivity contribution in [2.75, 3.05) is 19.7 Å². The van der Waals surface area contributed by atoms with Crippen molar-refractivity contribution in [3.63, 3.8) is 0 Å². The van der Waals surface area contributed by atoms with Gasteiger partial charge in [-0.05, 0) is 50.1 Å². The lowest BCUT2D eigenvalue weighted by Crippen LogP contribution is -2.39. The second kappa shape index (κ2) is 5.87. The van der Waals surface area contributed by atoms with E-state index in [1.54, 1.807) is 0 Å². The summed E-state index contributed by atoms with van der Waals surface area (Å²) >= 11 is 0. The van der Waals surface area contributed by atoms with E-state index in [-0.39, 0.29) is 18.6 Å². The molecule has 1 fully saturated rings. The zero-order valence-corrected chi connectivity index (χ0v) is 11.0. The molecule has 1 amide bonds. The van der Waals surface area contributed by atoms with Gasteiger partial charge >= 0.3 is 0 Å². The van der Waals surface area contributed by atoms with E-state index in [9.17, 15) is 4.79 Å². The topological polar surface area (TPSA) is 50.4 Å². The Hall–Kier alpha value is -1.55. The molecular formula is C14H20N2O2. The highest BCUT2D eigenvalue weighted by Gasteiger charge is 2.16. The molecule has 0 spiro atoms. The molecular weight excluding hydrogens is 228 g/mol. The summed E-state index contributed by atoms with van der Waals surface area (Å²) in [4.78, 5) is 11.7. The molecule has 4 nitrogen and oxygen atoms in total. The van der Waals surface area contributed by atoms with Gasteiger partial charge in [0.25, 0.3) is 5.91 Å². The number of amides is 1. The van der Waals surface area contributed by atoms with Crippen molar-refractivity contribution in [2.24, 2.45) is 0 Å². The molecule has 2 N–H and O–H groups in total. The van der Waals surface area contributed by atoms with Gasteiger partial charge in [-0.2, -0.15) is 0 Å². The average molecular weight is 248 g/mol.